The number of amides is 1. The summed E-state index contributed by atoms with van der Waals surface area (Å²) in [4.78, 5) is 15.7. The molecule has 2 rings (SSSR count). The van der Waals surface area contributed by atoms with Crippen molar-refractivity contribution in [1.82, 2.24) is 10.3 Å². The van der Waals surface area contributed by atoms with Gasteiger partial charge < -0.3 is 16.8 Å². The predicted molar refractivity (Wildman–Crippen MR) is 102 cm³/mol. The standard InChI is InChI=1S/C14H13ClN6O3S2/c15-11-6-1-8(7-18-11)12(22)20-14(25)19-9-2-4-10(5-3-9)26(23,24)21-13(16)17/h1-7H,(H4,16,17,21)(H2,19,20,22,25). The number of carbonyl (C=O) groups excluding carboxylic acids is 1. The van der Waals surface area contributed by atoms with E-state index in [1.807, 2.05) is 0 Å². The molecular formula is C14H13ClN6O3S2. The molecule has 0 spiro atoms. The van der Waals surface area contributed by atoms with E-state index >= 15 is 0 Å². The molecule has 2 aromatic rings. The number of thiocarbonyl (C=S) groups is 1. The summed E-state index contributed by atoms with van der Waals surface area (Å²) in [6, 6.07) is 8.43. The van der Waals surface area contributed by atoms with Crippen molar-refractivity contribution in [2.24, 2.45) is 15.9 Å². The second-order valence-corrected chi connectivity index (χ2v) is 7.19. The lowest BCUT2D eigenvalue weighted by Gasteiger charge is -2.10. The molecule has 1 aromatic heterocycles. The van der Waals surface area contributed by atoms with Crippen molar-refractivity contribution >= 4 is 56.5 Å². The van der Waals surface area contributed by atoms with Crippen molar-refractivity contribution in [2.45, 2.75) is 4.90 Å². The number of hydrogen-bond donors (Lipinski definition) is 4. The van der Waals surface area contributed by atoms with Crippen LogP contribution in [0.4, 0.5) is 5.69 Å². The van der Waals surface area contributed by atoms with E-state index in [0.29, 0.717) is 5.69 Å². The van der Waals surface area contributed by atoms with E-state index < -0.39 is 21.9 Å². The number of nitrogens with one attached hydrogen (secondary N) is 2. The van der Waals surface area contributed by atoms with E-state index in [1.54, 1.807) is 0 Å². The van der Waals surface area contributed by atoms with Crippen molar-refractivity contribution < 1.29 is 13.2 Å². The van der Waals surface area contributed by atoms with Gasteiger partial charge in [0.2, 0.25) is 5.96 Å². The van der Waals surface area contributed by atoms with Crippen molar-refractivity contribution in [1.29, 1.82) is 0 Å². The Hall–Kier alpha value is -2.76. The molecular weight excluding hydrogens is 400 g/mol. The molecule has 0 radical (unpaired) electrons. The molecule has 0 bridgehead atoms. The number of pyridine rings is 1. The zero-order valence-corrected chi connectivity index (χ0v) is 15.4. The lowest BCUT2D eigenvalue weighted by molar-refractivity contribution is 0.0977. The minimum Gasteiger partial charge on any atom is -0.369 e. The van der Waals surface area contributed by atoms with Crippen molar-refractivity contribution in [3.63, 3.8) is 0 Å². The molecule has 0 unspecified atom stereocenters. The van der Waals surface area contributed by atoms with Gasteiger partial charge in [0.25, 0.3) is 15.9 Å². The molecule has 1 aromatic carbocycles. The van der Waals surface area contributed by atoms with Crippen LogP contribution in [0.25, 0.3) is 0 Å². The number of hydrogen-bond acceptors (Lipinski definition) is 5. The van der Waals surface area contributed by atoms with Gasteiger partial charge in [-0.2, -0.15) is 8.42 Å². The molecule has 0 saturated heterocycles. The van der Waals surface area contributed by atoms with Gasteiger partial charge in [-0.3, -0.25) is 10.1 Å². The van der Waals surface area contributed by atoms with Gasteiger partial charge in [-0.15, -0.1) is 4.40 Å². The highest BCUT2D eigenvalue weighted by Gasteiger charge is 2.13. The van der Waals surface area contributed by atoms with Crippen molar-refractivity contribution in [3.8, 4) is 0 Å². The maximum absolute atomic E-state index is 12.0. The third-order valence-electron chi connectivity index (χ3n) is 2.85. The summed E-state index contributed by atoms with van der Waals surface area (Å²) >= 11 is 10.7. The summed E-state index contributed by atoms with van der Waals surface area (Å²) in [5.74, 6) is -1.04. The molecule has 1 heterocycles. The fourth-order valence-corrected chi connectivity index (χ4v) is 2.93. The molecule has 0 saturated carbocycles. The zero-order chi connectivity index (χ0) is 19.3. The van der Waals surface area contributed by atoms with E-state index in [2.05, 4.69) is 20.0 Å². The maximum Gasteiger partial charge on any atom is 0.285 e. The Bertz CT molecular complexity index is 955. The summed E-state index contributed by atoms with van der Waals surface area (Å²) in [5, 5.41) is 5.49. The molecule has 0 aliphatic heterocycles. The molecule has 1 amide bonds. The third kappa shape index (κ3) is 5.37. The van der Waals surface area contributed by atoms with Gasteiger partial charge in [0.05, 0.1) is 10.5 Å². The van der Waals surface area contributed by atoms with E-state index in [-0.39, 0.29) is 20.7 Å². The highest BCUT2D eigenvalue weighted by Crippen LogP contribution is 2.16. The first kappa shape index (κ1) is 19.6. The van der Waals surface area contributed by atoms with Gasteiger partial charge in [0.15, 0.2) is 5.11 Å². The minimum absolute atomic E-state index is 0.0183. The number of halogens is 1. The Morgan fingerprint density at radius 2 is 1.81 bits per heavy atom. The van der Waals surface area contributed by atoms with E-state index in [1.165, 1.54) is 42.6 Å². The van der Waals surface area contributed by atoms with Crippen LogP contribution in [0, 0.1) is 0 Å². The van der Waals surface area contributed by atoms with E-state index in [9.17, 15) is 13.2 Å². The quantitative estimate of drug-likeness (QED) is 0.249. The molecule has 0 aliphatic rings. The van der Waals surface area contributed by atoms with Crippen molar-refractivity contribution in [2.75, 3.05) is 5.32 Å². The smallest absolute Gasteiger partial charge is 0.285 e. The number of carbonyl (C=O) groups is 1. The monoisotopic (exact) mass is 412 g/mol. The molecule has 0 fully saturated rings. The normalized spacial score (nSPS) is 10.7. The Balaban J connectivity index is 2.02. The van der Waals surface area contributed by atoms with Crippen LogP contribution >= 0.6 is 23.8 Å². The SMILES string of the molecule is NC(N)=NS(=O)(=O)c1ccc(NC(=S)NC(=O)c2ccc(Cl)nc2)cc1. The number of anilines is 1. The number of rotatable bonds is 4. The van der Waals surface area contributed by atoms with Crippen LogP contribution in [0.5, 0.6) is 0 Å². The minimum atomic E-state index is -3.97. The molecule has 26 heavy (non-hydrogen) atoms. The number of nitrogens with two attached hydrogens (primary N) is 2. The fraction of sp³-hybridized carbons (Fsp3) is 0. The lowest BCUT2D eigenvalue weighted by atomic mass is 10.3. The first-order valence-electron chi connectivity index (χ1n) is 6.87. The van der Waals surface area contributed by atoms with Crippen LogP contribution in [-0.4, -0.2) is 30.4 Å². The number of guanidine groups is 1. The Labute approximate surface area is 159 Å². The van der Waals surface area contributed by atoms with Gasteiger partial charge >= 0.3 is 0 Å². The number of aromatic nitrogens is 1. The summed E-state index contributed by atoms with van der Waals surface area (Å²) < 4.78 is 26.8. The molecule has 6 N–H and O–H groups in total. The van der Waals surface area contributed by atoms with Gasteiger partial charge in [-0.05, 0) is 48.6 Å². The predicted octanol–water partition coefficient (Wildman–Crippen LogP) is 0.824. The van der Waals surface area contributed by atoms with Gasteiger partial charge in [0.1, 0.15) is 5.15 Å². The summed E-state index contributed by atoms with van der Waals surface area (Å²) in [7, 11) is -3.97. The molecule has 0 atom stereocenters. The topological polar surface area (TPSA) is 153 Å². The molecule has 9 nitrogen and oxygen atoms in total. The van der Waals surface area contributed by atoms with Crippen LogP contribution in [0.3, 0.4) is 0 Å². The second-order valence-electron chi connectivity index (χ2n) is 4.79. The summed E-state index contributed by atoms with van der Waals surface area (Å²) in [6.07, 6.45) is 1.31. The Morgan fingerprint density at radius 3 is 2.35 bits per heavy atom. The summed E-state index contributed by atoms with van der Waals surface area (Å²) in [6.45, 7) is 0. The maximum atomic E-state index is 12.0. The van der Waals surface area contributed by atoms with Gasteiger partial charge in [0, 0.05) is 11.9 Å². The first-order chi connectivity index (χ1) is 12.2. The molecule has 136 valence electrons. The van der Waals surface area contributed by atoms with Crippen LogP contribution in [0.1, 0.15) is 10.4 Å². The number of sulfonamides is 1. The highest BCUT2D eigenvalue weighted by molar-refractivity contribution is 7.90. The van der Waals surface area contributed by atoms with Crippen LogP contribution < -0.4 is 22.1 Å². The van der Waals surface area contributed by atoms with Crippen LogP contribution in [-0.2, 0) is 10.0 Å². The van der Waals surface area contributed by atoms with Crippen LogP contribution in [0.2, 0.25) is 5.15 Å². The van der Waals surface area contributed by atoms with Crippen molar-refractivity contribution in [3.05, 3.63) is 53.3 Å². The van der Waals surface area contributed by atoms with Crippen LogP contribution in [0.15, 0.2) is 51.9 Å². The Morgan fingerprint density at radius 1 is 1.15 bits per heavy atom. The summed E-state index contributed by atoms with van der Waals surface area (Å²) in [5.41, 5.74) is 10.9. The molecule has 12 heteroatoms. The number of nitrogens with zero attached hydrogens (tertiary/aromatic N) is 2. The average Bonchev–Trinajstić information content (AvgIpc) is 2.54. The van der Waals surface area contributed by atoms with E-state index in [4.69, 9.17) is 35.3 Å². The Kier molecular flexibility index (Phi) is 6.08. The molecule has 0 aliphatic carbocycles. The largest absolute Gasteiger partial charge is 0.369 e. The first-order valence-corrected chi connectivity index (χ1v) is 9.10. The third-order valence-corrected chi connectivity index (χ3v) is 4.60. The highest BCUT2D eigenvalue weighted by atomic mass is 35.5. The van der Waals surface area contributed by atoms with Gasteiger partial charge in [-0.25, -0.2) is 4.98 Å². The number of benzene rings is 1. The average molecular weight is 413 g/mol. The lowest BCUT2D eigenvalue weighted by Crippen LogP contribution is -2.34. The zero-order valence-electron chi connectivity index (χ0n) is 13.0. The fourth-order valence-electron chi connectivity index (χ4n) is 1.75. The van der Waals surface area contributed by atoms with E-state index in [0.717, 1.165) is 0 Å². The second kappa shape index (κ2) is 8.08. The van der Waals surface area contributed by atoms with Gasteiger partial charge in [-0.1, -0.05) is 11.6 Å².